The summed E-state index contributed by atoms with van der Waals surface area (Å²) in [5, 5.41) is 0. The summed E-state index contributed by atoms with van der Waals surface area (Å²) in [5.74, 6) is 1.84. The van der Waals surface area contributed by atoms with Gasteiger partial charge in [-0.1, -0.05) is 37.3 Å². The number of rotatable bonds is 8. The van der Waals surface area contributed by atoms with E-state index in [1.54, 1.807) is 11.8 Å². The highest BCUT2D eigenvalue weighted by Crippen LogP contribution is 2.18. The molecule has 1 aliphatic heterocycles. The van der Waals surface area contributed by atoms with Gasteiger partial charge in [-0.25, -0.2) is 0 Å². The van der Waals surface area contributed by atoms with Gasteiger partial charge >= 0.3 is 0 Å². The van der Waals surface area contributed by atoms with Gasteiger partial charge in [0.25, 0.3) is 0 Å². The molecule has 24 heavy (non-hydrogen) atoms. The van der Waals surface area contributed by atoms with Crippen molar-refractivity contribution in [3.63, 3.8) is 0 Å². The van der Waals surface area contributed by atoms with Crippen LogP contribution < -0.4 is 5.73 Å². The molecule has 1 aromatic rings. The van der Waals surface area contributed by atoms with Gasteiger partial charge in [0.1, 0.15) is 0 Å². The van der Waals surface area contributed by atoms with E-state index >= 15 is 0 Å². The second-order valence-electron chi connectivity index (χ2n) is 6.57. The molecule has 0 radical (unpaired) electrons. The Labute approximate surface area is 150 Å². The molecule has 1 saturated heterocycles. The molecule has 1 aromatic carbocycles. The van der Waals surface area contributed by atoms with Crippen molar-refractivity contribution in [2.75, 3.05) is 38.2 Å². The number of amides is 1. The molecule has 4 nitrogen and oxygen atoms in total. The topological polar surface area (TPSA) is 49.6 Å². The molecular formula is C19H31N3OS. The van der Waals surface area contributed by atoms with Crippen LogP contribution in [-0.2, 0) is 11.2 Å². The normalized spacial score (nSPS) is 17.6. The maximum Gasteiger partial charge on any atom is 0.240 e. The Hall–Kier alpha value is -1.04. The quantitative estimate of drug-likeness (QED) is 0.782. The number of hydrogen-bond acceptors (Lipinski definition) is 4. The molecule has 5 heteroatoms. The standard InChI is InChI=1S/C19H31N3OS/c1-3-24-15-18(20)19(23)22(17-10-12-21(2)13-11-17)14-9-16-7-5-4-6-8-16/h4-8,17-18H,3,9-15,20H2,1-2H3/t18-/m0/s1. The van der Waals surface area contributed by atoms with Crippen LogP contribution in [0, 0.1) is 0 Å². The Morgan fingerprint density at radius 2 is 2.00 bits per heavy atom. The smallest absolute Gasteiger partial charge is 0.240 e. The fourth-order valence-electron chi connectivity index (χ4n) is 3.20. The first-order chi connectivity index (χ1) is 11.6. The van der Waals surface area contributed by atoms with Crippen LogP contribution in [0.25, 0.3) is 0 Å². The highest BCUT2D eigenvalue weighted by Gasteiger charge is 2.29. The number of piperidine rings is 1. The molecule has 1 amide bonds. The Balaban J connectivity index is 2.01. The molecule has 0 unspecified atom stereocenters. The second kappa shape index (κ2) is 10.1. The molecule has 2 rings (SSSR count). The Kier molecular flexibility index (Phi) is 8.09. The van der Waals surface area contributed by atoms with E-state index < -0.39 is 0 Å². The lowest BCUT2D eigenvalue weighted by atomic mass is 10.0. The summed E-state index contributed by atoms with van der Waals surface area (Å²) in [5.41, 5.74) is 7.46. The van der Waals surface area contributed by atoms with Crippen molar-refractivity contribution in [2.24, 2.45) is 5.73 Å². The Bertz CT molecular complexity index is 489. The van der Waals surface area contributed by atoms with Crippen LogP contribution in [0.4, 0.5) is 0 Å². The van der Waals surface area contributed by atoms with Gasteiger partial charge in [-0.3, -0.25) is 4.79 Å². The average molecular weight is 350 g/mol. The predicted molar refractivity (Wildman–Crippen MR) is 103 cm³/mol. The zero-order valence-corrected chi connectivity index (χ0v) is 15.8. The SMILES string of the molecule is CCSC[C@H](N)C(=O)N(CCc1ccccc1)C1CCN(C)CC1. The fraction of sp³-hybridized carbons (Fsp3) is 0.632. The molecule has 0 spiro atoms. The lowest BCUT2D eigenvalue weighted by Crippen LogP contribution is -2.53. The van der Waals surface area contributed by atoms with Crippen LogP contribution in [0.3, 0.4) is 0 Å². The average Bonchev–Trinajstić information content (AvgIpc) is 2.62. The van der Waals surface area contributed by atoms with Crippen molar-refractivity contribution in [1.82, 2.24) is 9.80 Å². The number of carbonyl (C=O) groups excluding carboxylic acids is 1. The summed E-state index contributed by atoms with van der Waals surface area (Å²) in [6, 6.07) is 10.3. The summed E-state index contributed by atoms with van der Waals surface area (Å²) in [6.07, 6.45) is 2.99. The van der Waals surface area contributed by atoms with Crippen molar-refractivity contribution >= 4 is 17.7 Å². The highest BCUT2D eigenvalue weighted by molar-refractivity contribution is 7.99. The lowest BCUT2D eigenvalue weighted by Gasteiger charge is -2.38. The lowest BCUT2D eigenvalue weighted by molar-refractivity contribution is -0.135. The maximum absolute atomic E-state index is 12.9. The van der Waals surface area contributed by atoms with Crippen LogP contribution in [0.5, 0.6) is 0 Å². The van der Waals surface area contributed by atoms with E-state index in [9.17, 15) is 4.79 Å². The molecule has 1 heterocycles. The van der Waals surface area contributed by atoms with Gasteiger partial charge in [0.05, 0.1) is 6.04 Å². The number of benzene rings is 1. The predicted octanol–water partition coefficient (Wildman–Crippen LogP) is 2.23. The van der Waals surface area contributed by atoms with E-state index in [0.29, 0.717) is 11.8 Å². The number of carbonyl (C=O) groups is 1. The van der Waals surface area contributed by atoms with E-state index in [-0.39, 0.29) is 11.9 Å². The molecule has 1 fully saturated rings. The third-order valence-electron chi connectivity index (χ3n) is 4.71. The van der Waals surface area contributed by atoms with Crippen LogP contribution in [0.15, 0.2) is 30.3 Å². The van der Waals surface area contributed by atoms with Gasteiger partial charge in [0.2, 0.25) is 5.91 Å². The maximum atomic E-state index is 12.9. The van der Waals surface area contributed by atoms with Crippen molar-refractivity contribution in [3.05, 3.63) is 35.9 Å². The number of thioether (sulfide) groups is 1. The second-order valence-corrected chi connectivity index (χ2v) is 7.89. The molecular weight excluding hydrogens is 318 g/mol. The van der Waals surface area contributed by atoms with Crippen LogP contribution in [0.1, 0.15) is 25.3 Å². The zero-order valence-electron chi connectivity index (χ0n) is 15.0. The summed E-state index contributed by atoms with van der Waals surface area (Å²) in [6.45, 7) is 4.98. The number of nitrogens with zero attached hydrogens (tertiary/aromatic N) is 2. The summed E-state index contributed by atoms with van der Waals surface area (Å²) in [7, 11) is 2.15. The summed E-state index contributed by atoms with van der Waals surface area (Å²) < 4.78 is 0. The summed E-state index contributed by atoms with van der Waals surface area (Å²) in [4.78, 5) is 17.3. The van der Waals surface area contributed by atoms with Gasteiger partial charge in [-0.15, -0.1) is 0 Å². The molecule has 1 aliphatic rings. The molecule has 0 aliphatic carbocycles. The molecule has 0 bridgehead atoms. The molecule has 134 valence electrons. The van der Waals surface area contributed by atoms with Gasteiger partial charge in [0, 0.05) is 18.3 Å². The van der Waals surface area contributed by atoms with E-state index in [1.165, 1.54) is 5.56 Å². The minimum atomic E-state index is -0.384. The van der Waals surface area contributed by atoms with Crippen molar-refractivity contribution in [2.45, 2.75) is 38.3 Å². The first kappa shape index (κ1) is 19.3. The van der Waals surface area contributed by atoms with E-state index in [4.69, 9.17) is 5.73 Å². The van der Waals surface area contributed by atoms with Crippen molar-refractivity contribution in [3.8, 4) is 0 Å². The first-order valence-corrected chi connectivity index (χ1v) is 10.1. The minimum Gasteiger partial charge on any atom is -0.338 e. The fourth-order valence-corrected chi connectivity index (χ4v) is 3.83. The third-order valence-corrected chi connectivity index (χ3v) is 5.72. The van der Waals surface area contributed by atoms with Crippen molar-refractivity contribution < 1.29 is 4.79 Å². The molecule has 0 saturated carbocycles. The third kappa shape index (κ3) is 5.80. The minimum absolute atomic E-state index is 0.126. The Morgan fingerprint density at radius 3 is 2.62 bits per heavy atom. The molecule has 1 atom stereocenters. The van der Waals surface area contributed by atoms with Crippen molar-refractivity contribution in [1.29, 1.82) is 0 Å². The number of hydrogen-bond donors (Lipinski definition) is 1. The van der Waals surface area contributed by atoms with Crippen LogP contribution in [0.2, 0.25) is 0 Å². The molecule has 2 N–H and O–H groups in total. The van der Waals surface area contributed by atoms with E-state index in [0.717, 1.165) is 44.6 Å². The van der Waals surface area contributed by atoms with E-state index in [2.05, 4.69) is 48.0 Å². The highest BCUT2D eigenvalue weighted by atomic mass is 32.2. The largest absolute Gasteiger partial charge is 0.338 e. The van der Waals surface area contributed by atoms with Crippen LogP contribution in [-0.4, -0.2) is 66.0 Å². The van der Waals surface area contributed by atoms with E-state index in [1.807, 2.05) is 6.07 Å². The number of likely N-dealkylation sites (tertiary alicyclic amines) is 1. The van der Waals surface area contributed by atoms with Gasteiger partial charge < -0.3 is 15.5 Å². The van der Waals surface area contributed by atoms with Gasteiger partial charge in [-0.05, 0) is 50.7 Å². The van der Waals surface area contributed by atoms with Crippen LogP contribution >= 0.6 is 11.8 Å². The van der Waals surface area contributed by atoms with Gasteiger partial charge in [0.15, 0.2) is 0 Å². The number of nitrogens with two attached hydrogens (primary N) is 1. The molecule has 0 aromatic heterocycles. The monoisotopic (exact) mass is 349 g/mol. The summed E-state index contributed by atoms with van der Waals surface area (Å²) >= 11 is 1.74. The van der Waals surface area contributed by atoms with Gasteiger partial charge in [-0.2, -0.15) is 11.8 Å². The first-order valence-electron chi connectivity index (χ1n) is 8.98. The Morgan fingerprint density at radius 1 is 1.33 bits per heavy atom. The zero-order chi connectivity index (χ0) is 17.4.